The third-order valence-corrected chi connectivity index (χ3v) is 4.53. The monoisotopic (exact) mass is 412 g/mol. The van der Waals surface area contributed by atoms with Crippen molar-refractivity contribution in [1.29, 1.82) is 0 Å². The zero-order valence-corrected chi connectivity index (χ0v) is 16.6. The van der Waals surface area contributed by atoms with Crippen LogP contribution in [0.4, 0.5) is 17.5 Å². The molecule has 0 saturated carbocycles. The Bertz CT molecular complexity index is 943. The van der Waals surface area contributed by atoms with Crippen LogP contribution in [0.5, 0.6) is 5.75 Å². The van der Waals surface area contributed by atoms with Gasteiger partial charge in [-0.3, -0.25) is 0 Å². The molecule has 2 aromatic carbocycles. The number of nitrogens with zero attached hydrogens (tertiary/aromatic N) is 2. The van der Waals surface area contributed by atoms with E-state index in [0.717, 1.165) is 21.5 Å². The van der Waals surface area contributed by atoms with Crippen molar-refractivity contribution in [2.24, 2.45) is 0 Å². The maximum absolute atomic E-state index is 5.95. The summed E-state index contributed by atoms with van der Waals surface area (Å²) in [5, 5.41) is 3.31. The van der Waals surface area contributed by atoms with Crippen LogP contribution < -0.4 is 15.8 Å². The number of nitrogens with two attached hydrogens (primary N) is 1. The minimum atomic E-state index is 0.205. The first-order valence-electron chi connectivity index (χ1n) is 8.38. The molecule has 0 aliphatic carbocycles. The Morgan fingerprint density at radius 2 is 1.85 bits per heavy atom. The van der Waals surface area contributed by atoms with Gasteiger partial charge in [-0.1, -0.05) is 22.0 Å². The molecule has 5 nitrogen and oxygen atoms in total. The molecule has 0 radical (unpaired) electrons. The zero-order chi connectivity index (χ0) is 18.7. The van der Waals surface area contributed by atoms with E-state index >= 15 is 0 Å². The van der Waals surface area contributed by atoms with Crippen LogP contribution in [-0.2, 0) is 0 Å². The first kappa shape index (κ1) is 18.2. The van der Waals surface area contributed by atoms with Crippen LogP contribution in [0.15, 0.2) is 46.9 Å². The van der Waals surface area contributed by atoms with Gasteiger partial charge in [0.15, 0.2) is 0 Å². The highest BCUT2D eigenvalue weighted by Crippen LogP contribution is 2.33. The van der Waals surface area contributed by atoms with Crippen molar-refractivity contribution in [3.63, 3.8) is 0 Å². The highest BCUT2D eigenvalue weighted by molar-refractivity contribution is 9.10. The van der Waals surface area contributed by atoms with E-state index in [-0.39, 0.29) is 5.95 Å². The SMILES string of the molecule is CCOc1ccc(Br)cc1-c1cc(Nc2ccc(C)c(C)c2)nc(N)n1. The van der Waals surface area contributed by atoms with Crippen LogP contribution >= 0.6 is 15.9 Å². The summed E-state index contributed by atoms with van der Waals surface area (Å²) in [4.78, 5) is 8.70. The minimum Gasteiger partial charge on any atom is -0.493 e. The molecule has 134 valence electrons. The Kier molecular flexibility index (Phi) is 5.42. The summed E-state index contributed by atoms with van der Waals surface area (Å²) in [5.41, 5.74) is 10.9. The molecule has 3 aromatic rings. The predicted molar refractivity (Wildman–Crippen MR) is 110 cm³/mol. The number of benzene rings is 2. The molecule has 0 saturated heterocycles. The summed E-state index contributed by atoms with van der Waals surface area (Å²) in [6.45, 7) is 6.69. The molecule has 0 spiro atoms. The molecule has 0 atom stereocenters. The van der Waals surface area contributed by atoms with Gasteiger partial charge in [0.25, 0.3) is 0 Å². The molecule has 0 aliphatic rings. The Hall–Kier alpha value is -2.60. The maximum atomic E-state index is 5.95. The van der Waals surface area contributed by atoms with Gasteiger partial charge in [0.2, 0.25) is 5.95 Å². The summed E-state index contributed by atoms with van der Waals surface area (Å²) in [6, 6.07) is 13.9. The number of ether oxygens (including phenoxy) is 1. The Morgan fingerprint density at radius 3 is 2.58 bits per heavy atom. The number of nitrogens with one attached hydrogen (secondary N) is 1. The molecule has 3 N–H and O–H groups in total. The molecule has 1 heterocycles. The number of anilines is 3. The van der Waals surface area contributed by atoms with Gasteiger partial charge in [0.05, 0.1) is 12.3 Å². The summed E-state index contributed by atoms with van der Waals surface area (Å²) < 4.78 is 6.67. The molecule has 3 rings (SSSR count). The molecule has 0 unspecified atom stereocenters. The molecule has 0 fully saturated rings. The number of aryl methyl sites for hydroxylation is 2. The fraction of sp³-hybridized carbons (Fsp3) is 0.200. The minimum absolute atomic E-state index is 0.205. The van der Waals surface area contributed by atoms with Gasteiger partial charge in [0.1, 0.15) is 11.6 Å². The first-order chi connectivity index (χ1) is 12.5. The quantitative estimate of drug-likeness (QED) is 0.598. The van der Waals surface area contributed by atoms with E-state index in [0.29, 0.717) is 18.1 Å². The Labute approximate surface area is 161 Å². The lowest BCUT2D eigenvalue weighted by molar-refractivity contribution is 0.341. The number of nitrogen functional groups attached to an aromatic ring is 1. The standard InChI is InChI=1S/C20H21BrN4O/c1-4-26-18-8-6-14(21)10-16(18)17-11-19(25-20(22)24-17)23-15-7-5-12(2)13(3)9-15/h5-11H,4H2,1-3H3,(H3,22,23,24,25). The lowest BCUT2D eigenvalue weighted by Crippen LogP contribution is -2.03. The third kappa shape index (κ3) is 4.14. The van der Waals surface area contributed by atoms with Gasteiger partial charge in [-0.05, 0) is 62.2 Å². The van der Waals surface area contributed by atoms with E-state index in [4.69, 9.17) is 10.5 Å². The van der Waals surface area contributed by atoms with Crippen LogP contribution in [0, 0.1) is 13.8 Å². The summed E-state index contributed by atoms with van der Waals surface area (Å²) in [7, 11) is 0. The van der Waals surface area contributed by atoms with Gasteiger partial charge < -0.3 is 15.8 Å². The number of hydrogen-bond acceptors (Lipinski definition) is 5. The van der Waals surface area contributed by atoms with E-state index in [1.165, 1.54) is 11.1 Å². The molecular formula is C20H21BrN4O. The van der Waals surface area contributed by atoms with Crippen molar-refractivity contribution in [1.82, 2.24) is 9.97 Å². The lowest BCUT2D eigenvalue weighted by Gasteiger charge is -2.13. The van der Waals surface area contributed by atoms with E-state index in [1.54, 1.807) is 0 Å². The number of hydrogen-bond donors (Lipinski definition) is 2. The van der Waals surface area contributed by atoms with E-state index in [2.05, 4.69) is 57.2 Å². The Balaban J connectivity index is 2.00. The average Bonchev–Trinajstić information content (AvgIpc) is 2.59. The van der Waals surface area contributed by atoms with Crippen molar-refractivity contribution in [3.8, 4) is 17.0 Å². The molecule has 0 bridgehead atoms. The van der Waals surface area contributed by atoms with Crippen LogP contribution in [0.25, 0.3) is 11.3 Å². The van der Waals surface area contributed by atoms with Crippen molar-refractivity contribution >= 4 is 33.4 Å². The summed E-state index contributed by atoms with van der Waals surface area (Å²) in [5.74, 6) is 1.60. The predicted octanol–water partition coefficient (Wildman–Crippen LogP) is 5.25. The van der Waals surface area contributed by atoms with Crippen LogP contribution in [-0.4, -0.2) is 16.6 Å². The normalized spacial score (nSPS) is 10.6. The second kappa shape index (κ2) is 7.74. The second-order valence-electron chi connectivity index (χ2n) is 5.99. The molecule has 0 amide bonds. The highest BCUT2D eigenvalue weighted by atomic mass is 79.9. The Morgan fingerprint density at radius 1 is 1.04 bits per heavy atom. The molecular weight excluding hydrogens is 392 g/mol. The third-order valence-electron chi connectivity index (χ3n) is 4.04. The number of rotatable bonds is 5. The first-order valence-corrected chi connectivity index (χ1v) is 9.17. The van der Waals surface area contributed by atoms with E-state index in [9.17, 15) is 0 Å². The molecule has 0 aliphatic heterocycles. The van der Waals surface area contributed by atoms with E-state index in [1.807, 2.05) is 37.3 Å². The smallest absolute Gasteiger partial charge is 0.222 e. The molecule has 26 heavy (non-hydrogen) atoms. The van der Waals surface area contributed by atoms with Gasteiger partial charge in [-0.25, -0.2) is 4.98 Å². The summed E-state index contributed by atoms with van der Waals surface area (Å²) >= 11 is 3.50. The number of halogens is 1. The van der Waals surface area contributed by atoms with Crippen LogP contribution in [0.1, 0.15) is 18.1 Å². The van der Waals surface area contributed by atoms with Crippen molar-refractivity contribution in [2.75, 3.05) is 17.7 Å². The fourth-order valence-corrected chi connectivity index (χ4v) is 2.98. The molecule has 6 heteroatoms. The fourth-order valence-electron chi connectivity index (χ4n) is 2.62. The zero-order valence-electron chi connectivity index (χ0n) is 15.0. The van der Waals surface area contributed by atoms with Crippen LogP contribution in [0.2, 0.25) is 0 Å². The van der Waals surface area contributed by atoms with E-state index < -0.39 is 0 Å². The molecule has 1 aromatic heterocycles. The van der Waals surface area contributed by atoms with Crippen molar-refractivity contribution in [2.45, 2.75) is 20.8 Å². The summed E-state index contributed by atoms with van der Waals surface area (Å²) in [6.07, 6.45) is 0. The van der Waals surface area contributed by atoms with Gasteiger partial charge in [-0.15, -0.1) is 0 Å². The number of aromatic nitrogens is 2. The van der Waals surface area contributed by atoms with Gasteiger partial charge in [-0.2, -0.15) is 4.98 Å². The van der Waals surface area contributed by atoms with Gasteiger partial charge in [0, 0.05) is 21.8 Å². The van der Waals surface area contributed by atoms with Crippen LogP contribution in [0.3, 0.4) is 0 Å². The highest BCUT2D eigenvalue weighted by Gasteiger charge is 2.12. The lowest BCUT2D eigenvalue weighted by atomic mass is 10.1. The largest absolute Gasteiger partial charge is 0.493 e. The van der Waals surface area contributed by atoms with Crippen molar-refractivity contribution < 1.29 is 4.74 Å². The average molecular weight is 413 g/mol. The second-order valence-corrected chi connectivity index (χ2v) is 6.91. The van der Waals surface area contributed by atoms with Gasteiger partial charge >= 0.3 is 0 Å². The maximum Gasteiger partial charge on any atom is 0.222 e. The topological polar surface area (TPSA) is 73.1 Å². The van der Waals surface area contributed by atoms with Crippen molar-refractivity contribution in [3.05, 3.63) is 58.1 Å².